The van der Waals surface area contributed by atoms with Crippen LogP contribution in [0.3, 0.4) is 0 Å². The van der Waals surface area contributed by atoms with Gasteiger partial charge in [0.2, 0.25) is 0 Å². The first-order valence-electron chi connectivity index (χ1n) is 4.27. The molecule has 0 aliphatic carbocycles. The topological polar surface area (TPSA) is 9.23 Å². The molecule has 0 radical (unpaired) electrons. The first-order chi connectivity index (χ1) is 6.25. The monoisotopic (exact) mass is 244 g/mol. The summed E-state index contributed by atoms with van der Waals surface area (Å²) in [6.45, 7) is 1.62. The Labute approximate surface area is 85.0 Å². The second kappa shape index (κ2) is 3.76. The highest BCUT2D eigenvalue weighted by Gasteiger charge is 2.19. The summed E-state index contributed by atoms with van der Waals surface area (Å²) in [7, 11) is 0. The number of ether oxygens (including phenoxy) is 1. The molecule has 1 heterocycles. The third-order valence-corrected chi connectivity index (χ3v) is 3.00. The van der Waals surface area contributed by atoms with Gasteiger partial charge in [-0.15, -0.1) is 0 Å². The molecule has 1 saturated heterocycles. The van der Waals surface area contributed by atoms with Gasteiger partial charge in [-0.25, -0.2) is 4.39 Å². The Bertz CT molecular complexity index is 310. The molecule has 1 nitrogen and oxygen atoms in total. The van der Waals surface area contributed by atoms with Gasteiger partial charge in [-0.1, -0.05) is 15.9 Å². The highest BCUT2D eigenvalue weighted by Crippen LogP contribution is 2.23. The molecule has 1 aromatic rings. The highest BCUT2D eigenvalue weighted by molar-refractivity contribution is 9.10. The van der Waals surface area contributed by atoms with Crippen molar-refractivity contribution in [2.24, 2.45) is 5.92 Å². The van der Waals surface area contributed by atoms with Gasteiger partial charge in [0.1, 0.15) is 5.82 Å². The Morgan fingerprint density at radius 1 is 1.46 bits per heavy atom. The zero-order chi connectivity index (χ0) is 9.26. The van der Waals surface area contributed by atoms with Crippen molar-refractivity contribution in [2.45, 2.75) is 6.42 Å². The summed E-state index contributed by atoms with van der Waals surface area (Å²) >= 11 is 3.40. The maximum absolute atomic E-state index is 12.9. The number of hydrogen-bond acceptors (Lipinski definition) is 1. The van der Waals surface area contributed by atoms with Crippen molar-refractivity contribution in [3.05, 3.63) is 34.1 Å². The molecule has 0 amide bonds. The molecule has 0 saturated carbocycles. The predicted molar refractivity (Wildman–Crippen MR) is 52.1 cm³/mol. The van der Waals surface area contributed by atoms with Gasteiger partial charge in [0.15, 0.2) is 0 Å². The Hall–Kier alpha value is -0.410. The number of hydrogen-bond donors (Lipinski definition) is 0. The molecule has 0 aromatic heterocycles. The molecule has 2 rings (SSSR count). The molecular formula is C10H10BrFO. The summed E-state index contributed by atoms with van der Waals surface area (Å²) in [5.74, 6) is 0.400. The quantitative estimate of drug-likeness (QED) is 0.778. The van der Waals surface area contributed by atoms with Crippen LogP contribution in [0.1, 0.15) is 5.56 Å². The van der Waals surface area contributed by atoms with E-state index in [1.54, 1.807) is 12.1 Å². The van der Waals surface area contributed by atoms with Crippen LogP contribution in [0.25, 0.3) is 0 Å². The first kappa shape index (κ1) is 9.16. The Balaban J connectivity index is 2.13. The summed E-state index contributed by atoms with van der Waals surface area (Å²) in [6.07, 6.45) is 0.901. The SMILES string of the molecule is Fc1ccc(Br)c(CC2COC2)c1. The van der Waals surface area contributed by atoms with Crippen LogP contribution < -0.4 is 0 Å². The zero-order valence-electron chi connectivity index (χ0n) is 7.09. The molecule has 1 fully saturated rings. The molecule has 13 heavy (non-hydrogen) atoms. The third kappa shape index (κ3) is 2.09. The summed E-state index contributed by atoms with van der Waals surface area (Å²) in [5, 5.41) is 0. The predicted octanol–water partition coefficient (Wildman–Crippen LogP) is 2.78. The van der Waals surface area contributed by atoms with E-state index in [0.29, 0.717) is 5.92 Å². The van der Waals surface area contributed by atoms with E-state index in [1.165, 1.54) is 6.07 Å². The number of halogens is 2. The van der Waals surface area contributed by atoms with Crippen molar-refractivity contribution in [1.29, 1.82) is 0 Å². The van der Waals surface area contributed by atoms with E-state index in [2.05, 4.69) is 15.9 Å². The lowest BCUT2D eigenvalue weighted by molar-refractivity contribution is -0.0313. The van der Waals surface area contributed by atoms with Gasteiger partial charge in [0.25, 0.3) is 0 Å². The molecule has 1 aromatic carbocycles. The van der Waals surface area contributed by atoms with Gasteiger partial charge in [0.05, 0.1) is 13.2 Å². The molecule has 1 aliphatic heterocycles. The minimum absolute atomic E-state index is 0.168. The summed E-state index contributed by atoms with van der Waals surface area (Å²) in [6, 6.07) is 4.80. The Kier molecular flexibility index (Phi) is 2.65. The van der Waals surface area contributed by atoms with Gasteiger partial charge >= 0.3 is 0 Å². The summed E-state index contributed by atoms with van der Waals surface area (Å²) in [4.78, 5) is 0. The molecule has 0 N–H and O–H groups in total. The van der Waals surface area contributed by atoms with E-state index in [4.69, 9.17) is 4.74 Å². The minimum atomic E-state index is -0.168. The molecular weight excluding hydrogens is 235 g/mol. The van der Waals surface area contributed by atoms with Crippen LogP contribution in [-0.4, -0.2) is 13.2 Å². The Morgan fingerprint density at radius 3 is 2.85 bits per heavy atom. The van der Waals surface area contributed by atoms with Crippen molar-refractivity contribution < 1.29 is 9.13 Å². The van der Waals surface area contributed by atoms with Gasteiger partial charge in [-0.3, -0.25) is 0 Å². The summed E-state index contributed by atoms with van der Waals surface area (Å²) in [5.41, 5.74) is 1.04. The molecule has 3 heteroatoms. The first-order valence-corrected chi connectivity index (χ1v) is 5.06. The average molecular weight is 245 g/mol. The largest absolute Gasteiger partial charge is 0.381 e. The maximum atomic E-state index is 12.9. The van der Waals surface area contributed by atoms with Crippen molar-refractivity contribution in [1.82, 2.24) is 0 Å². The van der Waals surface area contributed by atoms with E-state index in [0.717, 1.165) is 29.7 Å². The van der Waals surface area contributed by atoms with E-state index < -0.39 is 0 Å². The van der Waals surface area contributed by atoms with E-state index >= 15 is 0 Å². The zero-order valence-corrected chi connectivity index (χ0v) is 8.68. The van der Waals surface area contributed by atoms with E-state index in [-0.39, 0.29) is 5.82 Å². The van der Waals surface area contributed by atoms with Crippen molar-refractivity contribution in [2.75, 3.05) is 13.2 Å². The van der Waals surface area contributed by atoms with Crippen molar-refractivity contribution in [3.8, 4) is 0 Å². The average Bonchev–Trinajstić information content (AvgIpc) is 2.03. The van der Waals surface area contributed by atoms with E-state index in [9.17, 15) is 4.39 Å². The highest BCUT2D eigenvalue weighted by atomic mass is 79.9. The standard InChI is InChI=1S/C10H10BrFO/c11-10-2-1-9(12)4-8(10)3-7-5-13-6-7/h1-2,4,7H,3,5-6H2. The minimum Gasteiger partial charge on any atom is -0.381 e. The fraction of sp³-hybridized carbons (Fsp3) is 0.400. The molecule has 0 bridgehead atoms. The van der Waals surface area contributed by atoms with Crippen LogP contribution >= 0.6 is 15.9 Å². The number of benzene rings is 1. The normalized spacial score (nSPS) is 17.1. The van der Waals surface area contributed by atoms with Gasteiger partial charge in [0, 0.05) is 10.4 Å². The second-order valence-electron chi connectivity index (χ2n) is 3.34. The fourth-order valence-corrected chi connectivity index (χ4v) is 1.82. The second-order valence-corrected chi connectivity index (χ2v) is 4.20. The summed E-state index contributed by atoms with van der Waals surface area (Å²) < 4.78 is 18.9. The molecule has 0 unspecified atom stereocenters. The number of rotatable bonds is 2. The van der Waals surface area contributed by atoms with Crippen LogP contribution in [0.2, 0.25) is 0 Å². The lowest BCUT2D eigenvalue weighted by Gasteiger charge is -2.26. The third-order valence-electron chi connectivity index (χ3n) is 2.22. The van der Waals surface area contributed by atoms with Gasteiger partial charge < -0.3 is 4.74 Å². The lowest BCUT2D eigenvalue weighted by atomic mass is 9.98. The Morgan fingerprint density at radius 2 is 2.23 bits per heavy atom. The molecule has 70 valence electrons. The smallest absolute Gasteiger partial charge is 0.123 e. The lowest BCUT2D eigenvalue weighted by Crippen LogP contribution is -2.29. The van der Waals surface area contributed by atoms with Crippen LogP contribution in [0.4, 0.5) is 4.39 Å². The van der Waals surface area contributed by atoms with Crippen LogP contribution in [-0.2, 0) is 11.2 Å². The van der Waals surface area contributed by atoms with Crippen LogP contribution in [0.15, 0.2) is 22.7 Å². The maximum Gasteiger partial charge on any atom is 0.123 e. The molecule has 0 spiro atoms. The molecule has 1 aliphatic rings. The van der Waals surface area contributed by atoms with Gasteiger partial charge in [-0.2, -0.15) is 0 Å². The van der Waals surface area contributed by atoms with Crippen LogP contribution in [0.5, 0.6) is 0 Å². The van der Waals surface area contributed by atoms with Crippen molar-refractivity contribution >= 4 is 15.9 Å². The van der Waals surface area contributed by atoms with Crippen molar-refractivity contribution in [3.63, 3.8) is 0 Å². The fourth-order valence-electron chi connectivity index (χ4n) is 1.41. The molecule has 0 atom stereocenters. The van der Waals surface area contributed by atoms with E-state index in [1.807, 2.05) is 0 Å². The van der Waals surface area contributed by atoms with Gasteiger partial charge in [-0.05, 0) is 30.2 Å². The van der Waals surface area contributed by atoms with Crippen LogP contribution in [0, 0.1) is 11.7 Å².